The topological polar surface area (TPSA) is 92.2 Å². The molecule has 0 saturated heterocycles. The van der Waals surface area contributed by atoms with Crippen molar-refractivity contribution in [1.29, 1.82) is 0 Å². The normalized spacial score (nSPS) is 14.5. The number of methoxy groups -OCH3 is 1. The molecular formula is C14H23N5O2. The Labute approximate surface area is 124 Å². The van der Waals surface area contributed by atoms with Gasteiger partial charge in [0.15, 0.2) is 0 Å². The first-order valence-corrected chi connectivity index (χ1v) is 7.38. The molecule has 0 atom stereocenters. The molecule has 1 aromatic heterocycles. The molecule has 2 rings (SSSR count). The van der Waals surface area contributed by atoms with E-state index in [0.29, 0.717) is 18.4 Å². The molecule has 1 aliphatic carbocycles. The van der Waals surface area contributed by atoms with Crippen molar-refractivity contribution in [2.45, 2.75) is 32.1 Å². The van der Waals surface area contributed by atoms with Crippen LogP contribution in [0.5, 0.6) is 6.01 Å². The number of allylic oxidation sites excluding steroid dienone is 1. The zero-order valence-electron chi connectivity index (χ0n) is 12.4. The second kappa shape index (κ2) is 8.41. The Morgan fingerprint density at radius 1 is 1.14 bits per heavy atom. The lowest BCUT2D eigenvalue weighted by Crippen LogP contribution is -2.13. The standard InChI is InChI=1S/C14H23N5O2/c1-21-14-18-12(17-13(19-14)16-9-10-20)15-8-7-11-5-3-2-4-6-11/h5,20H,2-4,6-10H2,1H3,(H2,15,16,17,18,19). The molecule has 0 bridgehead atoms. The minimum Gasteiger partial charge on any atom is -0.467 e. The second-order valence-electron chi connectivity index (χ2n) is 4.90. The molecule has 1 heterocycles. The van der Waals surface area contributed by atoms with Crippen molar-refractivity contribution >= 4 is 11.9 Å². The molecule has 0 unspecified atom stereocenters. The van der Waals surface area contributed by atoms with Crippen LogP contribution in [0.1, 0.15) is 32.1 Å². The number of nitrogens with one attached hydrogen (secondary N) is 2. The van der Waals surface area contributed by atoms with E-state index < -0.39 is 0 Å². The van der Waals surface area contributed by atoms with Crippen LogP contribution in [0.3, 0.4) is 0 Å². The molecule has 1 aliphatic rings. The fourth-order valence-corrected chi connectivity index (χ4v) is 2.24. The van der Waals surface area contributed by atoms with Gasteiger partial charge in [-0.1, -0.05) is 11.6 Å². The molecule has 21 heavy (non-hydrogen) atoms. The Kier molecular flexibility index (Phi) is 6.21. The third kappa shape index (κ3) is 5.18. The summed E-state index contributed by atoms with van der Waals surface area (Å²) in [6.07, 6.45) is 8.35. The van der Waals surface area contributed by atoms with Crippen molar-refractivity contribution < 1.29 is 9.84 Å². The Morgan fingerprint density at radius 2 is 1.90 bits per heavy atom. The molecular weight excluding hydrogens is 270 g/mol. The molecule has 0 aromatic carbocycles. The molecule has 0 spiro atoms. The van der Waals surface area contributed by atoms with Crippen molar-refractivity contribution in [3.8, 4) is 6.01 Å². The third-order valence-electron chi connectivity index (χ3n) is 3.31. The molecule has 3 N–H and O–H groups in total. The van der Waals surface area contributed by atoms with Crippen LogP contribution in [0.15, 0.2) is 11.6 Å². The summed E-state index contributed by atoms with van der Waals surface area (Å²) in [4.78, 5) is 12.5. The average molecular weight is 293 g/mol. The second-order valence-corrected chi connectivity index (χ2v) is 4.90. The maximum absolute atomic E-state index is 8.82. The van der Waals surface area contributed by atoms with E-state index in [-0.39, 0.29) is 12.6 Å². The van der Waals surface area contributed by atoms with Gasteiger partial charge in [-0.15, -0.1) is 0 Å². The van der Waals surface area contributed by atoms with E-state index in [0.717, 1.165) is 13.0 Å². The lowest BCUT2D eigenvalue weighted by Gasteiger charge is -2.13. The Bertz CT molecular complexity index is 478. The average Bonchev–Trinajstić information content (AvgIpc) is 2.53. The summed E-state index contributed by atoms with van der Waals surface area (Å²) in [7, 11) is 1.52. The van der Waals surface area contributed by atoms with Crippen molar-refractivity contribution in [3.63, 3.8) is 0 Å². The van der Waals surface area contributed by atoms with Gasteiger partial charge < -0.3 is 20.5 Å². The third-order valence-corrected chi connectivity index (χ3v) is 3.31. The minimum atomic E-state index is 0.0188. The maximum atomic E-state index is 8.82. The van der Waals surface area contributed by atoms with Crippen LogP contribution in [0.25, 0.3) is 0 Å². The van der Waals surface area contributed by atoms with E-state index in [2.05, 4.69) is 31.7 Å². The number of hydrogen-bond donors (Lipinski definition) is 3. The van der Waals surface area contributed by atoms with E-state index in [1.54, 1.807) is 0 Å². The zero-order valence-corrected chi connectivity index (χ0v) is 12.4. The SMILES string of the molecule is COc1nc(NCCO)nc(NCCC2=CCCCC2)n1. The Hall–Kier alpha value is -1.89. The van der Waals surface area contributed by atoms with Gasteiger partial charge in [-0.3, -0.25) is 0 Å². The van der Waals surface area contributed by atoms with Gasteiger partial charge in [0.05, 0.1) is 13.7 Å². The summed E-state index contributed by atoms with van der Waals surface area (Å²) < 4.78 is 5.06. The van der Waals surface area contributed by atoms with Gasteiger partial charge in [0, 0.05) is 13.1 Å². The number of anilines is 2. The summed E-state index contributed by atoms with van der Waals surface area (Å²) in [6.45, 7) is 1.20. The highest BCUT2D eigenvalue weighted by Gasteiger charge is 2.07. The summed E-state index contributed by atoms with van der Waals surface area (Å²) in [5.41, 5.74) is 1.51. The van der Waals surface area contributed by atoms with Gasteiger partial charge >= 0.3 is 6.01 Å². The van der Waals surface area contributed by atoms with Crippen LogP contribution in [0.4, 0.5) is 11.9 Å². The molecule has 0 aliphatic heterocycles. The fraction of sp³-hybridized carbons (Fsp3) is 0.643. The van der Waals surface area contributed by atoms with E-state index in [1.807, 2.05) is 0 Å². The molecule has 0 radical (unpaired) electrons. The number of ether oxygens (including phenoxy) is 1. The summed E-state index contributed by atoms with van der Waals surface area (Å²) >= 11 is 0. The smallest absolute Gasteiger partial charge is 0.322 e. The number of hydrogen-bond acceptors (Lipinski definition) is 7. The quantitative estimate of drug-likeness (QED) is 0.627. The maximum Gasteiger partial charge on any atom is 0.322 e. The first-order valence-electron chi connectivity index (χ1n) is 7.38. The van der Waals surface area contributed by atoms with E-state index >= 15 is 0 Å². The summed E-state index contributed by atoms with van der Waals surface area (Å²) in [6, 6.07) is 0.254. The largest absolute Gasteiger partial charge is 0.467 e. The predicted molar refractivity (Wildman–Crippen MR) is 81.6 cm³/mol. The highest BCUT2D eigenvalue weighted by atomic mass is 16.5. The first kappa shape index (κ1) is 15.5. The van der Waals surface area contributed by atoms with Gasteiger partial charge in [0.25, 0.3) is 0 Å². The molecule has 7 heteroatoms. The zero-order chi connectivity index (χ0) is 14.9. The van der Waals surface area contributed by atoms with Crippen LogP contribution in [-0.2, 0) is 0 Å². The van der Waals surface area contributed by atoms with Gasteiger partial charge in [0.2, 0.25) is 11.9 Å². The number of aromatic nitrogens is 3. The monoisotopic (exact) mass is 293 g/mol. The molecule has 7 nitrogen and oxygen atoms in total. The van der Waals surface area contributed by atoms with Gasteiger partial charge in [-0.2, -0.15) is 15.0 Å². The predicted octanol–water partition coefficient (Wildman–Crippen LogP) is 1.59. The molecule has 0 saturated carbocycles. The first-order chi connectivity index (χ1) is 10.3. The van der Waals surface area contributed by atoms with Crippen molar-refractivity contribution in [1.82, 2.24) is 15.0 Å². The lowest BCUT2D eigenvalue weighted by atomic mass is 9.97. The number of aliphatic hydroxyl groups is 1. The van der Waals surface area contributed by atoms with E-state index in [4.69, 9.17) is 9.84 Å². The highest BCUT2D eigenvalue weighted by molar-refractivity contribution is 5.36. The molecule has 116 valence electrons. The minimum absolute atomic E-state index is 0.0188. The molecule has 1 aromatic rings. The Morgan fingerprint density at radius 3 is 2.52 bits per heavy atom. The summed E-state index contributed by atoms with van der Waals surface area (Å²) in [5, 5.41) is 14.9. The van der Waals surface area contributed by atoms with Crippen molar-refractivity contribution in [2.24, 2.45) is 0 Å². The number of nitrogens with zero attached hydrogens (tertiary/aromatic N) is 3. The fourth-order valence-electron chi connectivity index (χ4n) is 2.24. The van der Waals surface area contributed by atoms with Crippen LogP contribution >= 0.6 is 0 Å². The Balaban J connectivity index is 1.90. The van der Waals surface area contributed by atoms with E-state index in [9.17, 15) is 0 Å². The number of rotatable bonds is 8. The van der Waals surface area contributed by atoms with Crippen molar-refractivity contribution in [3.05, 3.63) is 11.6 Å². The van der Waals surface area contributed by atoms with Crippen LogP contribution in [0, 0.1) is 0 Å². The van der Waals surface area contributed by atoms with Crippen molar-refractivity contribution in [2.75, 3.05) is 37.4 Å². The highest BCUT2D eigenvalue weighted by Crippen LogP contribution is 2.20. The van der Waals surface area contributed by atoms with Gasteiger partial charge in [-0.05, 0) is 32.1 Å². The molecule has 0 fully saturated rings. The lowest BCUT2D eigenvalue weighted by molar-refractivity contribution is 0.310. The van der Waals surface area contributed by atoms with Gasteiger partial charge in [0.1, 0.15) is 0 Å². The van der Waals surface area contributed by atoms with Crippen LogP contribution in [-0.4, -0.2) is 46.9 Å². The van der Waals surface area contributed by atoms with E-state index in [1.165, 1.54) is 38.4 Å². The van der Waals surface area contributed by atoms with Crippen LogP contribution in [0.2, 0.25) is 0 Å². The van der Waals surface area contributed by atoms with Crippen LogP contribution < -0.4 is 15.4 Å². The number of aliphatic hydroxyl groups excluding tert-OH is 1. The molecule has 0 amide bonds. The van der Waals surface area contributed by atoms with Gasteiger partial charge in [-0.25, -0.2) is 0 Å². The summed E-state index contributed by atoms with van der Waals surface area (Å²) in [5.74, 6) is 0.883.